The van der Waals surface area contributed by atoms with Crippen LogP contribution in [0.2, 0.25) is 10.0 Å². The Labute approximate surface area is 149 Å². The first-order valence-corrected chi connectivity index (χ1v) is 7.99. The van der Waals surface area contributed by atoms with Crippen LogP contribution >= 0.6 is 23.2 Å². The summed E-state index contributed by atoms with van der Waals surface area (Å²) in [7, 11) is 1.69. The predicted octanol–water partition coefficient (Wildman–Crippen LogP) is 5.23. The number of benzene rings is 2. The molecule has 0 atom stereocenters. The van der Waals surface area contributed by atoms with Crippen LogP contribution in [0.4, 0.5) is 5.69 Å². The fourth-order valence-corrected chi connectivity index (χ4v) is 2.72. The van der Waals surface area contributed by atoms with E-state index in [1.54, 1.807) is 56.4 Å². The van der Waals surface area contributed by atoms with Crippen molar-refractivity contribution >= 4 is 34.8 Å². The van der Waals surface area contributed by atoms with Gasteiger partial charge >= 0.3 is 0 Å². The van der Waals surface area contributed by atoms with Crippen LogP contribution in [0, 0.1) is 6.92 Å². The largest absolute Gasteiger partial charge is 0.360 e. The SMILES string of the molecule is Cc1onc(-c2cccc(Cl)c2)c1C(=O)N(C)c1ccc(Cl)cc1. The van der Waals surface area contributed by atoms with Crippen molar-refractivity contribution in [3.8, 4) is 11.3 Å². The molecule has 6 heteroatoms. The van der Waals surface area contributed by atoms with Crippen molar-refractivity contribution < 1.29 is 9.32 Å². The molecule has 2 aromatic carbocycles. The Kier molecular flexibility index (Phi) is 4.60. The van der Waals surface area contributed by atoms with Crippen molar-refractivity contribution in [3.05, 3.63) is 69.9 Å². The first-order chi connectivity index (χ1) is 11.5. The van der Waals surface area contributed by atoms with E-state index < -0.39 is 0 Å². The minimum absolute atomic E-state index is 0.217. The number of anilines is 1. The molecule has 0 fully saturated rings. The average molecular weight is 361 g/mol. The van der Waals surface area contributed by atoms with E-state index in [1.165, 1.54) is 4.90 Å². The fourth-order valence-electron chi connectivity index (χ4n) is 2.41. The molecule has 0 unspecified atom stereocenters. The van der Waals surface area contributed by atoms with Gasteiger partial charge in [0.05, 0.1) is 0 Å². The third-order valence-electron chi connectivity index (χ3n) is 3.69. The van der Waals surface area contributed by atoms with Crippen LogP contribution in [0.25, 0.3) is 11.3 Å². The van der Waals surface area contributed by atoms with Gasteiger partial charge in [-0.15, -0.1) is 0 Å². The van der Waals surface area contributed by atoms with Crippen molar-refractivity contribution in [1.82, 2.24) is 5.16 Å². The van der Waals surface area contributed by atoms with Crippen molar-refractivity contribution in [2.45, 2.75) is 6.92 Å². The van der Waals surface area contributed by atoms with Crippen LogP contribution in [-0.4, -0.2) is 18.1 Å². The highest BCUT2D eigenvalue weighted by atomic mass is 35.5. The summed E-state index contributed by atoms with van der Waals surface area (Å²) < 4.78 is 5.25. The summed E-state index contributed by atoms with van der Waals surface area (Å²) in [6.45, 7) is 1.71. The number of aryl methyl sites for hydroxylation is 1. The Morgan fingerprint density at radius 3 is 2.46 bits per heavy atom. The Morgan fingerprint density at radius 2 is 1.79 bits per heavy atom. The molecule has 0 saturated heterocycles. The van der Waals surface area contributed by atoms with Gasteiger partial charge in [-0.2, -0.15) is 0 Å². The highest BCUT2D eigenvalue weighted by Gasteiger charge is 2.25. The zero-order valence-corrected chi connectivity index (χ0v) is 14.6. The molecule has 0 aliphatic carbocycles. The molecule has 24 heavy (non-hydrogen) atoms. The maximum absolute atomic E-state index is 13.0. The van der Waals surface area contributed by atoms with Crippen molar-refractivity contribution in [2.24, 2.45) is 0 Å². The Balaban J connectivity index is 2.01. The molecular formula is C18H14Cl2N2O2. The lowest BCUT2D eigenvalue weighted by Gasteiger charge is -2.17. The Hall–Kier alpha value is -2.30. The van der Waals surface area contributed by atoms with E-state index in [4.69, 9.17) is 27.7 Å². The minimum atomic E-state index is -0.217. The molecule has 0 radical (unpaired) electrons. The summed E-state index contributed by atoms with van der Waals surface area (Å²) in [4.78, 5) is 14.5. The van der Waals surface area contributed by atoms with E-state index in [0.717, 1.165) is 11.3 Å². The summed E-state index contributed by atoms with van der Waals surface area (Å²) in [5.74, 6) is 0.238. The average Bonchev–Trinajstić information content (AvgIpc) is 2.96. The lowest BCUT2D eigenvalue weighted by atomic mass is 10.1. The summed E-state index contributed by atoms with van der Waals surface area (Å²) in [5, 5.41) is 5.21. The van der Waals surface area contributed by atoms with Gasteiger partial charge in [-0.3, -0.25) is 4.79 Å². The number of carbonyl (C=O) groups is 1. The van der Waals surface area contributed by atoms with Crippen LogP contribution in [0.3, 0.4) is 0 Å². The lowest BCUT2D eigenvalue weighted by Crippen LogP contribution is -2.26. The summed E-state index contributed by atoms with van der Waals surface area (Å²) >= 11 is 11.9. The van der Waals surface area contributed by atoms with Crippen LogP contribution in [0.5, 0.6) is 0 Å². The lowest BCUT2D eigenvalue weighted by molar-refractivity contribution is 0.0992. The predicted molar refractivity (Wildman–Crippen MR) is 95.9 cm³/mol. The van der Waals surface area contributed by atoms with Gasteiger partial charge in [0, 0.05) is 28.3 Å². The highest BCUT2D eigenvalue weighted by Crippen LogP contribution is 2.29. The molecule has 4 nitrogen and oxygen atoms in total. The normalized spacial score (nSPS) is 10.7. The van der Waals surface area contributed by atoms with Gasteiger partial charge in [-0.05, 0) is 43.3 Å². The molecule has 0 saturated carbocycles. The van der Waals surface area contributed by atoms with Crippen LogP contribution < -0.4 is 4.90 Å². The first kappa shape index (κ1) is 16.6. The number of amides is 1. The number of halogens is 2. The molecule has 122 valence electrons. The zero-order chi connectivity index (χ0) is 17.3. The molecule has 0 aliphatic heterocycles. The molecule has 0 N–H and O–H groups in total. The zero-order valence-electron chi connectivity index (χ0n) is 13.1. The molecule has 1 heterocycles. The molecule has 1 aromatic heterocycles. The number of aromatic nitrogens is 1. The molecule has 1 amide bonds. The van der Waals surface area contributed by atoms with E-state index in [9.17, 15) is 4.79 Å². The van der Waals surface area contributed by atoms with Crippen molar-refractivity contribution in [1.29, 1.82) is 0 Å². The van der Waals surface area contributed by atoms with Crippen LogP contribution in [-0.2, 0) is 0 Å². The van der Waals surface area contributed by atoms with E-state index in [1.807, 2.05) is 6.07 Å². The van der Waals surface area contributed by atoms with Gasteiger partial charge in [-0.1, -0.05) is 40.5 Å². The van der Waals surface area contributed by atoms with Crippen molar-refractivity contribution in [2.75, 3.05) is 11.9 Å². The molecule has 0 spiro atoms. The van der Waals surface area contributed by atoms with Crippen LogP contribution in [0.1, 0.15) is 16.1 Å². The summed E-state index contributed by atoms with van der Waals surface area (Å²) in [6, 6.07) is 14.2. The number of hydrogen-bond donors (Lipinski definition) is 0. The molecule has 0 aliphatic rings. The quantitative estimate of drug-likeness (QED) is 0.641. The molecular weight excluding hydrogens is 347 g/mol. The minimum Gasteiger partial charge on any atom is -0.360 e. The number of nitrogens with zero attached hydrogens (tertiary/aromatic N) is 2. The van der Waals surface area contributed by atoms with E-state index in [0.29, 0.717) is 27.1 Å². The second kappa shape index (κ2) is 6.67. The third-order valence-corrected chi connectivity index (χ3v) is 4.18. The van der Waals surface area contributed by atoms with E-state index >= 15 is 0 Å². The maximum atomic E-state index is 13.0. The second-order valence-electron chi connectivity index (χ2n) is 5.31. The van der Waals surface area contributed by atoms with Gasteiger partial charge in [0.1, 0.15) is 17.0 Å². The maximum Gasteiger partial charge on any atom is 0.263 e. The third kappa shape index (κ3) is 3.16. The molecule has 0 bridgehead atoms. The van der Waals surface area contributed by atoms with E-state index in [2.05, 4.69) is 5.16 Å². The topological polar surface area (TPSA) is 46.3 Å². The standard InChI is InChI=1S/C18H14Cl2N2O2/c1-11-16(17(21-24-11)12-4-3-5-14(20)10-12)18(23)22(2)15-8-6-13(19)7-9-15/h3-10H,1-2H3. The summed E-state index contributed by atoms with van der Waals surface area (Å²) in [6.07, 6.45) is 0. The van der Waals surface area contributed by atoms with Crippen LogP contribution in [0.15, 0.2) is 53.1 Å². The molecule has 3 rings (SSSR count). The molecule has 3 aromatic rings. The van der Waals surface area contributed by atoms with Gasteiger partial charge in [-0.25, -0.2) is 0 Å². The number of carbonyl (C=O) groups excluding carboxylic acids is 1. The first-order valence-electron chi connectivity index (χ1n) is 7.23. The fraction of sp³-hybridized carbons (Fsp3) is 0.111. The van der Waals surface area contributed by atoms with Gasteiger partial charge < -0.3 is 9.42 Å². The van der Waals surface area contributed by atoms with Crippen molar-refractivity contribution in [3.63, 3.8) is 0 Å². The van der Waals surface area contributed by atoms with Gasteiger partial charge in [0.15, 0.2) is 0 Å². The summed E-state index contributed by atoms with van der Waals surface area (Å²) in [5.41, 5.74) is 2.34. The van der Waals surface area contributed by atoms with Gasteiger partial charge in [0.25, 0.3) is 5.91 Å². The Bertz CT molecular complexity index is 888. The number of hydrogen-bond acceptors (Lipinski definition) is 3. The smallest absolute Gasteiger partial charge is 0.263 e. The van der Waals surface area contributed by atoms with Gasteiger partial charge in [0.2, 0.25) is 0 Å². The monoisotopic (exact) mass is 360 g/mol. The van der Waals surface area contributed by atoms with E-state index in [-0.39, 0.29) is 5.91 Å². The Morgan fingerprint density at radius 1 is 1.08 bits per heavy atom. The number of rotatable bonds is 3. The second-order valence-corrected chi connectivity index (χ2v) is 6.19. The highest BCUT2D eigenvalue weighted by molar-refractivity contribution is 6.31.